The minimum Gasteiger partial charge on any atom is -0.497 e. The molecule has 1 aromatic rings. The molecule has 0 aliphatic carbocycles. The SMILES string of the molecule is CCCC(/C=C/C1=CC(C)(C)COc2ccc(OC)cc21)=C\C(=O)OCC. The maximum Gasteiger partial charge on any atom is 0.331 e. The van der Waals surface area contributed by atoms with E-state index in [1.165, 1.54) is 0 Å². The fraction of sp³-hybridized carbons (Fsp3) is 0.435. The van der Waals surface area contributed by atoms with Gasteiger partial charge < -0.3 is 14.2 Å². The Bertz CT molecular complexity index is 754. The van der Waals surface area contributed by atoms with Crippen LogP contribution in [-0.4, -0.2) is 26.3 Å². The number of allylic oxidation sites excluding steroid dienone is 4. The second-order valence-corrected chi connectivity index (χ2v) is 7.29. The van der Waals surface area contributed by atoms with Crippen molar-refractivity contribution in [1.82, 2.24) is 0 Å². The molecule has 0 saturated carbocycles. The van der Waals surface area contributed by atoms with Crippen LogP contribution in [0.25, 0.3) is 5.57 Å². The Balaban J connectivity index is 2.42. The molecule has 0 unspecified atom stereocenters. The lowest BCUT2D eigenvalue weighted by Gasteiger charge is -2.18. The van der Waals surface area contributed by atoms with Crippen LogP contribution in [-0.2, 0) is 9.53 Å². The predicted molar refractivity (Wildman–Crippen MR) is 109 cm³/mol. The predicted octanol–water partition coefficient (Wildman–Crippen LogP) is 5.34. The molecule has 1 aliphatic rings. The summed E-state index contributed by atoms with van der Waals surface area (Å²) in [6.45, 7) is 9.17. The highest BCUT2D eigenvalue weighted by Gasteiger charge is 2.23. The van der Waals surface area contributed by atoms with Gasteiger partial charge in [-0.2, -0.15) is 0 Å². The van der Waals surface area contributed by atoms with Gasteiger partial charge in [0.25, 0.3) is 0 Å². The van der Waals surface area contributed by atoms with E-state index in [9.17, 15) is 4.79 Å². The fourth-order valence-electron chi connectivity index (χ4n) is 2.95. The summed E-state index contributed by atoms with van der Waals surface area (Å²) in [6, 6.07) is 5.84. The van der Waals surface area contributed by atoms with Gasteiger partial charge in [0.2, 0.25) is 0 Å². The molecule has 4 heteroatoms. The van der Waals surface area contributed by atoms with Gasteiger partial charge in [-0.05, 0) is 42.7 Å². The Kier molecular flexibility index (Phi) is 7.28. The first kappa shape index (κ1) is 20.8. The number of carbonyl (C=O) groups is 1. The van der Waals surface area contributed by atoms with Gasteiger partial charge in [0, 0.05) is 17.1 Å². The quantitative estimate of drug-likeness (QED) is 0.369. The van der Waals surface area contributed by atoms with Crippen LogP contribution in [0.15, 0.2) is 48.1 Å². The molecular formula is C23H30O4. The van der Waals surface area contributed by atoms with Gasteiger partial charge in [-0.3, -0.25) is 0 Å². The number of carbonyl (C=O) groups excluding carboxylic acids is 1. The Hall–Kier alpha value is -2.49. The maximum atomic E-state index is 11.8. The van der Waals surface area contributed by atoms with Gasteiger partial charge in [0.1, 0.15) is 11.5 Å². The average Bonchev–Trinajstić information content (AvgIpc) is 2.75. The number of ether oxygens (including phenoxy) is 3. The van der Waals surface area contributed by atoms with Crippen molar-refractivity contribution in [3.63, 3.8) is 0 Å². The first-order valence-corrected chi connectivity index (χ1v) is 9.48. The van der Waals surface area contributed by atoms with Gasteiger partial charge in [-0.1, -0.05) is 45.4 Å². The zero-order valence-electron chi connectivity index (χ0n) is 17.0. The van der Waals surface area contributed by atoms with Crippen LogP contribution >= 0.6 is 0 Å². The summed E-state index contributed by atoms with van der Waals surface area (Å²) in [5, 5.41) is 0. The van der Waals surface area contributed by atoms with E-state index in [2.05, 4.69) is 32.9 Å². The molecule has 0 saturated heterocycles. The van der Waals surface area contributed by atoms with E-state index in [0.717, 1.165) is 41.1 Å². The average molecular weight is 370 g/mol. The lowest BCUT2D eigenvalue weighted by Crippen LogP contribution is -2.17. The Morgan fingerprint density at radius 3 is 2.74 bits per heavy atom. The summed E-state index contributed by atoms with van der Waals surface area (Å²) in [6.07, 6.45) is 9.60. The van der Waals surface area contributed by atoms with E-state index in [0.29, 0.717) is 13.2 Å². The minimum absolute atomic E-state index is 0.109. The monoisotopic (exact) mass is 370 g/mol. The molecule has 4 nitrogen and oxygen atoms in total. The van der Waals surface area contributed by atoms with E-state index in [4.69, 9.17) is 14.2 Å². The maximum absolute atomic E-state index is 11.8. The van der Waals surface area contributed by atoms with Crippen LogP contribution in [0.2, 0.25) is 0 Å². The van der Waals surface area contributed by atoms with Crippen LogP contribution in [0.3, 0.4) is 0 Å². The summed E-state index contributed by atoms with van der Waals surface area (Å²) in [5.41, 5.74) is 2.88. The molecule has 0 spiro atoms. The standard InChI is InChI=1S/C23H30O4/c1-6-8-17(13-22(24)26-7-2)9-10-18-15-23(3,4)16-27-21-12-11-19(25-5)14-20(18)21/h9-15H,6-8,16H2,1-5H3/b10-9+,17-13+. The Labute approximate surface area is 162 Å². The number of hydrogen-bond acceptors (Lipinski definition) is 4. The van der Waals surface area contributed by atoms with E-state index < -0.39 is 0 Å². The molecule has 27 heavy (non-hydrogen) atoms. The number of fused-ring (bicyclic) bond motifs is 1. The number of methoxy groups -OCH3 is 1. The van der Waals surface area contributed by atoms with Gasteiger partial charge in [-0.25, -0.2) is 4.79 Å². The summed E-state index contributed by atoms with van der Waals surface area (Å²) >= 11 is 0. The Morgan fingerprint density at radius 1 is 1.30 bits per heavy atom. The molecule has 0 aromatic heterocycles. The third-order valence-corrected chi connectivity index (χ3v) is 4.25. The second-order valence-electron chi connectivity index (χ2n) is 7.29. The number of benzene rings is 1. The third kappa shape index (κ3) is 6.02. The van der Waals surface area contributed by atoms with Crippen LogP contribution in [0.5, 0.6) is 11.5 Å². The summed E-state index contributed by atoms with van der Waals surface area (Å²) < 4.78 is 16.4. The van der Waals surface area contributed by atoms with Crippen LogP contribution in [0.4, 0.5) is 0 Å². The van der Waals surface area contributed by atoms with E-state index in [1.54, 1.807) is 13.2 Å². The van der Waals surface area contributed by atoms with Crippen molar-refractivity contribution in [2.24, 2.45) is 5.41 Å². The van der Waals surface area contributed by atoms with Crippen molar-refractivity contribution in [3.05, 3.63) is 53.6 Å². The first-order valence-electron chi connectivity index (χ1n) is 9.48. The molecule has 0 amide bonds. The molecule has 2 rings (SSSR count). The molecular weight excluding hydrogens is 340 g/mol. The first-order chi connectivity index (χ1) is 12.9. The zero-order valence-corrected chi connectivity index (χ0v) is 17.0. The van der Waals surface area contributed by atoms with Crippen LogP contribution in [0, 0.1) is 5.41 Å². The molecule has 1 heterocycles. The highest BCUT2D eigenvalue weighted by atomic mass is 16.5. The molecule has 0 radical (unpaired) electrons. The second kappa shape index (κ2) is 9.45. The van der Waals surface area contributed by atoms with E-state index in [1.807, 2.05) is 31.2 Å². The van der Waals surface area contributed by atoms with E-state index in [-0.39, 0.29) is 11.4 Å². The molecule has 1 aliphatic heterocycles. The number of esters is 1. The molecule has 1 aromatic carbocycles. The fourth-order valence-corrected chi connectivity index (χ4v) is 2.95. The van der Waals surface area contributed by atoms with Gasteiger partial charge in [0.05, 0.1) is 20.3 Å². The van der Waals surface area contributed by atoms with Crippen molar-refractivity contribution >= 4 is 11.5 Å². The van der Waals surface area contributed by atoms with Gasteiger partial charge in [0.15, 0.2) is 0 Å². The normalized spacial score (nSPS) is 16.2. The lowest BCUT2D eigenvalue weighted by molar-refractivity contribution is -0.137. The van der Waals surface area contributed by atoms with Crippen molar-refractivity contribution in [2.45, 2.75) is 40.5 Å². The van der Waals surface area contributed by atoms with Crippen molar-refractivity contribution in [3.8, 4) is 11.5 Å². The lowest BCUT2D eigenvalue weighted by atomic mass is 9.90. The van der Waals surface area contributed by atoms with Crippen LogP contribution in [0.1, 0.15) is 46.1 Å². The topological polar surface area (TPSA) is 44.8 Å². The summed E-state index contributed by atoms with van der Waals surface area (Å²) in [5.74, 6) is 1.32. The minimum atomic E-state index is -0.300. The number of rotatable bonds is 7. The molecule has 0 N–H and O–H groups in total. The highest BCUT2D eigenvalue weighted by molar-refractivity contribution is 5.84. The van der Waals surface area contributed by atoms with Crippen molar-refractivity contribution < 1.29 is 19.0 Å². The Morgan fingerprint density at radius 2 is 2.07 bits per heavy atom. The largest absolute Gasteiger partial charge is 0.497 e. The van der Waals surface area contributed by atoms with E-state index >= 15 is 0 Å². The molecule has 0 fully saturated rings. The summed E-state index contributed by atoms with van der Waals surface area (Å²) in [4.78, 5) is 11.8. The third-order valence-electron chi connectivity index (χ3n) is 4.25. The highest BCUT2D eigenvalue weighted by Crippen LogP contribution is 2.37. The molecule has 0 bridgehead atoms. The molecule has 146 valence electrons. The smallest absolute Gasteiger partial charge is 0.331 e. The number of hydrogen-bond donors (Lipinski definition) is 0. The van der Waals surface area contributed by atoms with Crippen molar-refractivity contribution in [2.75, 3.05) is 20.3 Å². The zero-order chi connectivity index (χ0) is 19.9. The van der Waals surface area contributed by atoms with Gasteiger partial charge >= 0.3 is 5.97 Å². The molecule has 0 atom stereocenters. The van der Waals surface area contributed by atoms with Crippen molar-refractivity contribution in [1.29, 1.82) is 0 Å². The summed E-state index contributed by atoms with van der Waals surface area (Å²) in [7, 11) is 1.66. The van der Waals surface area contributed by atoms with Gasteiger partial charge in [-0.15, -0.1) is 0 Å². The van der Waals surface area contributed by atoms with Crippen LogP contribution < -0.4 is 9.47 Å².